The Kier molecular flexibility index (Phi) is 8.95. The summed E-state index contributed by atoms with van der Waals surface area (Å²) < 4.78 is 70.6. The summed E-state index contributed by atoms with van der Waals surface area (Å²) in [6, 6.07) is 24.4. The van der Waals surface area contributed by atoms with E-state index in [2.05, 4.69) is 9.44 Å². The molecule has 0 amide bonds. The second kappa shape index (κ2) is 12.2. The highest BCUT2D eigenvalue weighted by atomic mass is 32.2. The zero-order valence-corrected chi connectivity index (χ0v) is 24.3. The SMILES string of the molecule is COc1ccc([C@@H](NS(=O)(=O)c2ccc(C)cc2)[C@@H](NS(=O)(=O)c2ccc(C)cc2)c2ccc(OC)cc2)cc1. The highest BCUT2D eigenvalue weighted by Crippen LogP contribution is 2.34. The molecular weight excluding hydrogens is 548 g/mol. The molecule has 4 aromatic carbocycles. The standard InChI is InChI=1S/C30H32N2O6S2/c1-21-5-17-27(18-6-21)39(33,34)31-29(23-9-13-25(37-3)14-10-23)30(24-11-15-26(38-4)16-12-24)32-40(35,36)28-19-7-22(2)8-20-28/h5-20,29-32H,1-4H3/t29-,30+. The summed E-state index contributed by atoms with van der Waals surface area (Å²) in [5.74, 6) is 1.15. The van der Waals surface area contributed by atoms with Crippen LogP contribution in [0.4, 0.5) is 0 Å². The Labute approximate surface area is 236 Å². The molecule has 0 spiro atoms. The van der Waals surface area contributed by atoms with Crippen LogP contribution in [0, 0.1) is 13.8 Å². The van der Waals surface area contributed by atoms with Crippen molar-refractivity contribution in [1.29, 1.82) is 0 Å². The Bertz CT molecular complexity index is 1510. The van der Waals surface area contributed by atoms with Gasteiger partial charge in [-0.05, 0) is 73.5 Å². The molecule has 0 saturated heterocycles. The number of nitrogens with one attached hydrogen (secondary N) is 2. The van der Waals surface area contributed by atoms with Crippen molar-refractivity contribution in [2.24, 2.45) is 0 Å². The molecule has 0 unspecified atom stereocenters. The van der Waals surface area contributed by atoms with E-state index in [0.29, 0.717) is 22.6 Å². The molecule has 0 heterocycles. The fourth-order valence-electron chi connectivity index (χ4n) is 4.18. The predicted molar refractivity (Wildman–Crippen MR) is 154 cm³/mol. The van der Waals surface area contributed by atoms with Crippen molar-refractivity contribution in [3.8, 4) is 11.5 Å². The third-order valence-electron chi connectivity index (χ3n) is 6.51. The molecule has 40 heavy (non-hydrogen) atoms. The fraction of sp³-hybridized carbons (Fsp3) is 0.200. The lowest BCUT2D eigenvalue weighted by molar-refractivity contribution is 0.412. The van der Waals surface area contributed by atoms with Gasteiger partial charge < -0.3 is 9.47 Å². The van der Waals surface area contributed by atoms with Gasteiger partial charge in [0.15, 0.2) is 0 Å². The minimum Gasteiger partial charge on any atom is -0.497 e. The largest absolute Gasteiger partial charge is 0.497 e. The van der Waals surface area contributed by atoms with E-state index in [1.54, 1.807) is 72.8 Å². The van der Waals surface area contributed by atoms with Crippen molar-refractivity contribution in [3.63, 3.8) is 0 Å². The second-order valence-corrected chi connectivity index (χ2v) is 12.8. The van der Waals surface area contributed by atoms with Crippen LogP contribution in [0.5, 0.6) is 11.5 Å². The summed E-state index contributed by atoms with van der Waals surface area (Å²) >= 11 is 0. The molecule has 0 aromatic heterocycles. The van der Waals surface area contributed by atoms with Gasteiger partial charge in [0, 0.05) is 0 Å². The van der Waals surface area contributed by atoms with Gasteiger partial charge in [-0.3, -0.25) is 0 Å². The zero-order valence-electron chi connectivity index (χ0n) is 22.7. The monoisotopic (exact) mass is 580 g/mol. The highest BCUT2D eigenvalue weighted by Gasteiger charge is 2.33. The quantitative estimate of drug-likeness (QED) is 0.257. The molecule has 210 valence electrons. The van der Waals surface area contributed by atoms with E-state index in [-0.39, 0.29) is 9.79 Å². The first kappa shape index (κ1) is 29.3. The summed E-state index contributed by atoms with van der Waals surface area (Å²) in [4.78, 5) is 0.123. The number of hydrogen-bond donors (Lipinski definition) is 2. The summed E-state index contributed by atoms with van der Waals surface area (Å²) in [6.45, 7) is 3.73. The summed E-state index contributed by atoms with van der Waals surface area (Å²) in [6.07, 6.45) is 0. The van der Waals surface area contributed by atoms with Crippen LogP contribution in [0.1, 0.15) is 34.3 Å². The Balaban J connectivity index is 1.86. The zero-order chi connectivity index (χ0) is 28.9. The third-order valence-corrected chi connectivity index (χ3v) is 9.42. The van der Waals surface area contributed by atoms with E-state index in [9.17, 15) is 16.8 Å². The smallest absolute Gasteiger partial charge is 0.241 e. The van der Waals surface area contributed by atoms with Gasteiger partial charge in [-0.2, -0.15) is 0 Å². The molecule has 0 radical (unpaired) electrons. The highest BCUT2D eigenvalue weighted by molar-refractivity contribution is 7.90. The molecule has 0 fully saturated rings. The van der Waals surface area contributed by atoms with Crippen LogP contribution < -0.4 is 18.9 Å². The first-order valence-electron chi connectivity index (χ1n) is 12.5. The molecule has 4 rings (SSSR count). The minimum absolute atomic E-state index is 0.0616. The average Bonchev–Trinajstić information content (AvgIpc) is 2.95. The summed E-state index contributed by atoms with van der Waals surface area (Å²) in [5.41, 5.74) is 2.88. The molecule has 2 atom stereocenters. The first-order chi connectivity index (χ1) is 19.0. The van der Waals surface area contributed by atoms with Gasteiger partial charge in [0.1, 0.15) is 11.5 Å². The number of ether oxygens (including phenoxy) is 2. The van der Waals surface area contributed by atoms with Crippen LogP contribution in [-0.4, -0.2) is 31.1 Å². The van der Waals surface area contributed by atoms with Gasteiger partial charge in [0.25, 0.3) is 0 Å². The normalized spacial score (nSPS) is 13.4. The number of hydrogen-bond acceptors (Lipinski definition) is 6. The van der Waals surface area contributed by atoms with E-state index in [0.717, 1.165) is 11.1 Å². The summed E-state index contributed by atoms with van der Waals surface area (Å²) in [7, 11) is -5.08. The lowest BCUT2D eigenvalue weighted by Crippen LogP contribution is -2.40. The van der Waals surface area contributed by atoms with E-state index < -0.39 is 32.1 Å². The van der Waals surface area contributed by atoms with Crippen molar-refractivity contribution in [2.45, 2.75) is 35.7 Å². The molecule has 0 aliphatic rings. The minimum atomic E-state index is -4.07. The van der Waals surface area contributed by atoms with Crippen LogP contribution in [-0.2, 0) is 20.0 Å². The maximum Gasteiger partial charge on any atom is 0.241 e. The molecule has 0 bridgehead atoms. The molecule has 2 N–H and O–H groups in total. The number of benzene rings is 4. The number of rotatable bonds is 11. The molecule has 4 aromatic rings. The Morgan fingerprint density at radius 3 is 1.07 bits per heavy atom. The lowest BCUT2D eigenvalue weighted by Gasteiger charge is -2.30. The van der Waals surface area contributed by atoms with Gasteiger partial charge in [0.05, 0.1) is 36.1 Å². The number of aryl methyl sites for hydroxylation is 2. The number of sulfonamides is 2. The van der Waals surface area contributed by atoms with Crippen molar-refractivity contribution >= 4 is 20.0 Å². The second-order valence-electron chi connectivity index (χ2n) is 9.37. The Hall–Kier alpha value is -3.70. The molecular formula is C30H32N2O6S2. The average molecular weight is 581 g/mol. The fourth-order valence-corrected chi connectivity index (χ4v) is 6.66. The Morgan fingerprint density at radius 2 is 0.800 bits per heavy atom. The van der Waals surface area contributed by atoms with Crippen molar-refractivity contribution < 1.29 is 26.3 Å². The van der Waals surface area contributed by atoms with Crippen LogP contribution in [0.3, 0.4) is 0 Å². The first-order valence-corrected chi connectivity index (χ1v) is 15.4. The molecule has 0 saturated carbocycles. The van der Waals surface area contributed by atoms with Gasteiger partial charge >= 0.3 is 0 Å². The molecule has 0 aliphatic carbocycles. The molecule has 8 nitrogen and oxygen atoms in total. The van der Waals surface area contributed by atoms with E-state index in [1.165, 1.54) is 38.5 Å². The topological polar surface area (TPSA) is 111 Å². The number of methoxy groups -OCH3 is 2. The van der Waals surface area contributed by atoms with Gasteiger partial charge in [0.2, 0.25) is 20.0 Å². The molecule has 0 aliphatic heterocycles. The maximum absolute atomic E-state index is 13.6. The Morgan fingerprint density at radius 1 is 0.500 bits per heavy atom. The van der Waals surface area contributed by atoms with Crippen LogP contribution in [0.15, 0.2) is 107 Å². The van der Waals surface area contributed by atoms with E-state index in [1.807, 2.05) is 13.8 Å². The van der Waals surface area contributed by atoms with Gasteiger partial charge in [-0.15, -0.1) is 0 Å². The van der Waals surface area contributed by atoms with Crippen molar-refractivity contribution in [2.75, 3.05) is 14.2 Å². The summed E-state index contributed by atoms with van der Waals surface area (Å²) in [5, 5.41) is 0. The van der Waals surface area contributed by atoms with Gasteiger partial charge in [-0.1, -0.05) is 59.7 Å². The van der Waals surface area contributed by atoms with E-state index >= 15 is 0 Å². The van der Waals surface area contributed by atoms with Gasteiger partial charge in [-0.25, -0.2) is 26.3 Å². The van der Waals surface area contributed by atoms with Crippen molar-refractivity contribution in [1.82, 2.24) is 9.44 Å². The van der Waals surface area contributed by atoms with Crippen LogP contribution in [0.25, 0.3) is 0 Å². The van der Waals surface area contributed by atoms with E-state index in [4.69, 9.17) is 9.47 Å². The van der Waals surface area contributed by atoms with Crippen LogP contribution in [0.2, 0.25) is 0 Å². The lowest BCUT2D eigenvalue weighted by atomic mass is 9.94. The van der Waals surface area contributed by atoms with Crippen molar-refractivity contribution in [3.05, 3.63) is 119 Å². The predicted octanol–water partition coefficient (Wildman–Crippen LogP) is 5.06. The molecule has 10 heteroatoms. The van der Waals surface area contributed by atoms with Crippen LogP contribution >= 0.6 is 0 Å². The maximum atomic E-state index is 13.6. The third kappa shape index (κ3) is 6.89.